The molecule has 0 spiro atoms. The molecule has 3 aromatic carbocycles. The molecule has 0 unspecified atom stereocenters. The van der Waals surface area contributed by atoms with Crippen LogP contribution in [0, 0.1) is 26.7 Å². The summed E-state index contributed by atoms with van der Waals surface area (Å²) in [5, 5.41) is 0. The van der Waals surface area contributed by atoms with Crippen LogP contribution in [-0.4, -0.2) is 46.1 Å². The molecule has 1 fully saturated rings. The molecule has 1 aliphatic carbocycles. The number of benzene rings is 3. The summed E-state index contributed by atoms with van der Waals surface area (Å²) in [5.41, 5.74) is 7.62. The summed E-state index contributed by atoms with van der Waals surface area (Å²) in [6.07, 6.45) is 3.04. The van der Waals surface area contributed by atoms with Gasteiger partial charge in [0.15, 0.2) is 11.5 Å². The van der Waals surface area contributed by atoms with Crippen molar-refractivity contribution in [2.24, 2.45) is 10.9 Å². The zero-order valence-electron chi connectivity index (χ0n) is 26.1. The van der Waals surface area contributed by atoms with E-state index in [9.17, 15) is 14.4 Å². The van der Waals surface area contributed by atoms with Crippen molar-refractivity contribution in [1.82, 2.24) is 14.0 Å². The molecule has 3 heterocycles. The molecule has 0 bridgehead atoms. The van der Waals surface area contributed by atoms with Crippen molar-refractivity contribution in [3.63, 3.8) is 0 Å². The lowest BCUT2D eigenvalue weighted by Gasteiger charge is -2.25. The van der Waals surface area contributed by atoms with Crippen molar-refractivity contribution >= 4 is 17.5 Å². The first-order valence-electron chi connectivity index (χ1n) is 15.5. The molecular weight excluding hydrogens is 568 g/mol. The van der Waals surface area contributed by atoms with Crippen molar-refractivity contribution in [2.45, 2.75) is 53.1 Å². The number of hydrogen-bond acceptors (Lipinski definition) is 6. The summed E-state index contributed by atoms with van der Waals surface area (Å²) in [4.78, 5) is 46.8. The maximum atomic E-state index is 14.3. The Morgan fingerprint density at radius 1 is 0.844 bits per heavy atom. The summed E-state index contributed by atoms with van der Waals surface area (Å²) in [5.74, 6) is 1.26. The van der Waals surface area contributed by atoms with Gasteiger partial charge >= 0.3 is 5.69 Å². The number of carbonyl (C=O) groups excluding carboxylic acids is 2. The van der Waals surface area contributed by atoms with E-state index in [1.165, 1.54) is 17.7 Å². The summed E-state index contributed by atoms with van der Waals surface area (Å²) >= 11 is 0. The fourth-order valence-electron chi connectivity index (χ4n) is 6.52. The molecule has 7 rings (SSSR count). The highest BCUT2D eigenvalue weighted by Gasteiger charge is 2.35. The van der Waals surface area contributed by atoms with Crippen LogP contribution in [-0.2, 0) is 19.5 Å². The van der Waals surface area contributed by atoms with E-state index in [4.69, 9.17) is 14.5 Å². The Hall–Kier alpha value is -4.92. The number of amides is 2. The largest absolute Gasteiger partial charge is 0.493 e. The average Bonchev–Trinajstić information content (AvgIpc) is 3.83. The zero-order valence-corrected chi connectivity index (χ0v) is 26.1. The lowest BCUT2D eigenvalue weighted by Crippen LogP contribution is -2.45. The van der Waals surface area contributed by atoms with Gasteiger partial charge in [-0.1, -0.05) is 29.8 Å². The smallest absolute Gasteiger partial charge is 0.330 e. The van der Waals surface area contributed by atoms with E-state index in [-0.39, 0.29) is 30.6 Å². The molecule has 1 aromatic heterocycles. The molecule has 230 valence electrons. The van der Waals surface area contributed by atoms with Crippen LogP contribution in [0.1, 0.15) is 55.8 Å². The standard InChI is InChI=1S/C36H36N4O5/c1-21-15-22(2)33(23(3)16-21)37-32-19-29-28-18-30(44-4)31(45-20-24-9-10-24)17-25(28)11-12-38(29)36(43)39(32)13-14-40-34(41)26-7-5-6-8-27(26)35(40)42/h5-8,15-19,24H,9-14,20H2,1-4H3. The first-order chi connectivity index (χ1) is 21.7. The average molecular weight is 605 g/mol. The van der Waals surface area contributed by atoms with E-state index < -0.39 is 0 Å². The van der Waals surface area contributed by atoms with Crippen LogP contribution in [0.25, 0.3) is 11.3 Å². The quantitative estimate of drug-likeness (QED) is 0.260. The number of hydrogen-bond donors (Lipinski definition) is 0. The fraction of sp³-hybridized carbons (Fsp3) is 0.333. The number of imide groups is 1. The molecule has 2 amide bonds. The third-order valence-electron chi connectivity index (χ3n) is 9.02. The maximum Gasteiger partial charge on any atom is 0.330 e. The number of aromatic nitrogens is 2. The maximum absolute atomic E-state index is 14.3. The molecule has 9 heteroatoms. The Labute approximate surface area is 261 Å². The second-order valence-electron chi connectivity index (χ2n) is 12.3. The second-order valence-corrected chi connectivity index (χ2v) is 12.3. The zero-order chi connectivity index (χ0) is 31.4. The van der Waals surface area contributed by atoms with Gasteiger partial charge in [0.1, 0.15) is 5.49 Å². The Balaban J connectivity index is 1.34. The van der Waals surface area contributed by atoms with Crippen molar-refractivity contribution in [3.8, 4) is 22.8 Å². The van der Waals surface area contributed by atoms with Crippen LogP contribution in [0.3, 0.4) is 0 Å². The number of carbonyl (C=O) groups is 2. The summed E-state index contributed by atoms with van der Waals surface area (Å²) in [6, 6.07) is 16.9. The molecule has 45 heavy (non-hydrogen) atoms. The molecule has 1 saturated carbocycles. The minimum Gasteiger partial charge on any atom is -0.493 e. The van der Waals surface area contributed by atoms with Crippen molar-refractivity contribution in [3.05, 3.63) is 104 Å². The van der Waals surface area contributed by atoms with E-state index in [1.807, 2.05) is 39.0 Å². The van der Waals surface area contributed by atoms with Crippen LogP contribution in [0.5, 0.6) is 11.5 Å². The van der Waals surface area contributed by atoms with Crippen molar-refractivity contribution in [1.29, 1.82) is 0 Å². The lowest BCUT2D eigenvalue weighted by molar-refractivity contribution is 0.0647. The van der Waals surface area contributed by atoms with Gasteiger partial charge in [0.05, 0.1) is 36.2 Å². The second kappa shape index (κ2) is 11.2. The van der Waals surface area contributed by atoms with Crippen LogP contribution in [0.2, 0.25) is 0 Å². The molecule has 2 aliphatic heterocycles. The molecular formula is C36H36N4O5. The minimum absolute atomic E-state index is 0.0477. The number of nitrogens with zero attached hydrogens (tertiary/aromatic N) is 4. The van der Waals surface area contributed by atoms with Crippen LogP contribution < -0.4 is 20.7 Å². The highest BCUT2D eigenvalue weighted by Crippen LogP contribution is 2.39. The van der Waals surface area contributed by atoms with Gasteiger partial charge in [-0.3, -0.25) is 23.6 Å². The molecule has 0 radical (unpaired) electrons. The highest BCUT2D eigenvalue weighted by molar-refractivity contribution is 6.21. The monoisotopic (exact) mass is 604 g/mol. The summed E-state index contributed by atoms with van der Waals surface area (Å²) < 4.78 is 15.2. The lowest BCUT2D eigenvalue weighted by atomic mass is 9.97. The molecule has 4 aromatic rings. The van der Waals surface area contributed by atoms with E-state index >= 15 is 0 Å². The van der Waals surface area contributed by atoms with Gasteiger partial charge in [0.25, 0.3) is 11.8 Å². The molecule has 9 nitrogen and oxygen atoms in total. The number of rotatable bonds is 8. The SMILES string of the molecule is COc1cc2c(cc1OCC1CC1)CCn1c-2cc(=Nc2c(C)cc(C)cc2C)n(CCN2C(=O)c3ccccc3C2=O)c1=O. The van der Waals surface area contributed by atoms with Gasteiger partial charge in [-0.15, -0.1) is 0 Å². The van der Waals surface area contributed by atoms with E-state index in [1.54, 1.807) is 40.5 Å². The van der Waals surface area contributed by atoms with E-state index in [2.05, 4.69) is 12.1 Å². The van der Waals surface area contributed by atoms with Gasteiger partial charge in [0.2, 0.25) is 0 Å². The first-order valence-corrected chi connectivity index (χ1v) is 15.5. The summed E-state index contributed by atoms with van der Waals surface area (Å²) in [7, 11) is 1.63. The predicted octanol–water partition coefficient (Wildman–Crippen LogP) is 5.12. The molecule has 3 aliphatic rings. The topological polar surface area (TPSA) is 95.1 Å². The number of methoxy groups -OCH3 is 1. The van der Waals surface area contributed by atoms with E-state index in [0.717, 1.165) is 44.9 Å². The Morgan fingerprint density at radius 3 is 2.18 bits per heavy atom. The normalized spacial score (nSPS) is 15.6. The van der Waals surface area contributed by atoms with Crippen LogP contribution >= 0.6 is 0 Å². The van der Waals surface area contributed by atoms with Crippen LogP contribution in [0.4, 0.5) is 5.69 Å². The van der Waals surface area contributed by atoms with E-state index in [0.29, 0.717) is 47.9 Å². The highest BCUT2D eigenvalue weighted by atomic mass is 16.5. The van der Waals surface area contributed by atoms with Crippen molar-refractivity contribution in [2.75, 3.05) is 20.3 Å². The number of aryl methyl sites for hydroxylation is 4. The Morgan fingerprint density at radius 2 is 1.53 bits per heavy atom. The summed E-state index contributed by atoms with van der Waals surface area (Å²) in [6.45, 7) is 7.38. The fourth-order valence-corrected chi connectivity index (χ4v) is 6.52. The molecule has 0 saturated heterocycles. The Bertz CT molecular complexity index is 1960. The molecule has 0 atom stereocenters. The van der Waals surface area contributed by atoms with Crippen molar-refractivity contribution < 1.29 is 19.1 Å². The van der Waals surface area contributed by atoms with Gasteiger partial charge in [-0.05, 0) is 86.9 Å². The third kappa shape index (κ3) is 5.16. The van der Waals surface area contributed by atoms with Gasteiger partial charge in [0, 0.05) is 31.3 Å². The Kier molecular flexibility index (Phi) is 7.19. The number of fused-ring (bicyclic) bond motifs is 4. The first kappa shape index (κ1) is 28.8. The number of ether oxygens (including phenoxy) is 2. The van der Waals surface area contributed by atoms with Gasteiger partial charge in [-0.25, -0.2) is 9.79 Å². The van der Waals surface area contributed by atoms with Crippen LogP contribution in [0.15, 0.2) is 64.4 Å². The van der Waals surface area contributed by atoms with Gasteiger partial charge in [-0.2, -0.15) is 0 Å². The molecule has 0 N–H and O–H groups in total. The third-order valence-corrected chi connectivity index (χ3v) is 9.02. The predicted molar refractivity (Wildman–Crippen MR) is 170 cm³/mol. The van der Waals surface area contributed by atoms with Gasteiger partial charge < -0.3 is 9.47 Å². The minimum atomic E-state index is -0.348.